The van der Waals surface area contributed by atoms with Gasteiger partial charge in [0.1, 0.15) is 0 Å². The molecule has 36 heavy (non-hydrogen) atoms. The van der Waals surface area contributed by atoms with E-state index in [-0.39, 0.29) is 0 Å². The van der Waals surface area contributed by atoms with Gasteiger partial charge in [0.05, 0.1) is 0 Å². The molecule has 0 aliphatic carbocycles. The minimum atomic E-state index is 1.30. The molecule has 0 aliphatic rings. The van der Waals surface area contributed by atoms with Gasteiger partial charge in [0.25, 0.3) is 0 Å². The molecule has 0 amide bonds. The first-order valence-electron chi connectivity index (χ1n) is 12.3. The summed E-state index contributed by atoms with van der Waals surface area (Å²) in [4.78, 5) is 0. The van der Waals surface area contributed by atoms with Crippen molar-refractivity contribution in [3.8, 4) is 11.1 Å². The van der Waals surface area contributed by atoms with E-state index in [1.54, 1.807) is 0 Å². The Morgan fingerprint density at radius 1 is 0.528 bits per heavy atom. The summed E-state index contributed by atoms with van der Waals surface area (Å²) in [5.74, 6) is 0. The van der Waals surface area contributed by atoms with Crippen molar-refractivity contribution < 1.29 is 24.2 Å². The van der Waals surface area contributed by atoms with Crippen molar-refractivity contribution in [3.63, 3.8) is 0 Å². The van der Waals surface area contributed by atoms with Crippen molar-refractivity contribution in [2.75, 3.05) is 0 Å². The van der Waals surface area contributed by atoms with E-state index in [2.05, 4.69) is 138 Å². The summed E-state index contributed by atoms with van der Waals surface area (Å²) in [7, 11) is 0. The van der Waals surface area contributed by atoms with E-state index in [9.17, 15) is 0 Å². The first kappa shape index (κ1) is 24.3. The Hall–Kier alpha value is -3.41. The van der Waals surface area contributed by atoms with E-state index in [1.165, 1.54) is 84.0 Å². The van der Waals surface area contributed by atoms with Crippen molar-refractivity contribution in [1.29, 1.82) is 0 Å². The molecule has 7 rings (SSSR count). The van der Waals surface area contributed by atoms with Crippen LogP contribution >= 0.6 is 0 Å². The van der Waals surface area contributed by atoms with Crippen LogP contribution in [0, 0.1) is 6.92 Å². The number of rotatable bonds is 1. The maximum Gasteiger partial charge on any atom is -0.0114 e. The molecule has 0 heterocycles. The predicted octanol–water partition coefficient (Wildman–Crippen LogP) is 9.75. The van der Waals surface area contributed by atoms with E-state index in [0.717, 1.165) is 0 Å². The molecule has 7 aromatic rings. The van der Waals surface area contributed by atoms with Crippen LogP contribution in [-0.2, 0) is 24.2 Å². The summed E-state index contributed by atoms with van der Waals surface area (Å²) in [5.41, 5.74) is 3.97. The molecule has 0 fully saturated rings. The maximum absolute atomic E-state index is 2.28. The average molecular weight is 540 g/mol. The molecule has 0 saturated heterocycles. The number of aryl methyl sites for hydroxylation is 1. The van der Waals surface area contributed by atoms with Crippen LogP contribution in [0.4, 0.5) is 0 Å². The Bertz CT molecular complexity index is 1720. The Morgan fingerprint density at radius 2 is 0.972 bits per heavy atom. The molecule has 172 valence electrons. The molecular weight excluding hydrogens is 512 g/mol. The number of hydrogen-bond donors (Lipinski definition) is 0. The van der Waals surface area contributed by atoms with Gasteiger partial charge in [-0.2, -0.15) is 6.07 Å². The van der Waals surface area contributed by atoms with Gasteiger partial charge in [-0.15, -0.1) is 74.3 Å². The maximum atomic E-state index is 2.28. The molecule has 7 aromatic carbocycles. The van der Waals surface area contributed by atoms with Crippen molar-refractivity contribution in [2.24, 2.45) is 0 Å². The van der Waals surface area contributed by atoms with Crippen molar-refractivity contribution in [1.82, 2.24) is 0 Å². The molecule has 0 saturated carbocycles. The standard InChI is InChI=1S/C20H15.C13H9.C2H4.Zr/c1-14-12-16-8-5-11-19(20(16)13-14)18-10-4-7-15-6-2-3-9-17(15)18;1-3-7-12-10(5-1)9-11-6-2-4-8-13(11)12;1-2;/h2-13H,1H3;1-9H;1H,2H3;/q2*-1;;+2. The third-order valence-electron chi connectivity index (χ3n) is 6.50. The third-order valence-corrected chi connectivity index (χ3v) is 6.50. The van der Waals surface area contributed by atoms with Crippen LogP contribution in [0.25, 0.3) is 54.2 Å². The predicted molar refractivity (Wildman–Crippen MR) is 156 cm³/mol. The monoisotopic (exact) mass is 538 g/mol. The second kappa shape index (κ2) is 11.1. The van der Waals surface area contributed by atoms with Crippen LogP contribution < -0.4 is 0 Å². The normalized spacial score (nSPS) is 10.7. The van der Waals surface area contributed by atoms with E-state index >= 15 is 0 Å². The summed E-state index contributed by atoms with van der Waals surface area (Å²) >= 11 is 1.51. The Balaban J connectivity index is 0.000000143. The van der Waals surface area contributed by atoms with E-state index in [0.29, 0.717) is 0 Å². The van der Waals surface area contributed by atoms with Crippen molar-refractivity contribution in [2.45, 2.75) is 13.8 Å². The number of benzene rings is 5. The molecule has 0 aliphatic heterocycles. The summed E-state index contributed by atoms with van der Waals surface area (Å²) in [6.07, 6.45) is 0. The molecule has 0 radical (unpaired) electrons. The fourth-order valence-corrected chi connectivity index (χ4v) is 4.98. The molecule has 1 heteroatoms. The summed E-state index contributed by atoms with van der Waals surface area (Å²) in [6, 6.07) is 45.5. The van der Waals surface area contributed by atoms with Crippen molar-refractivity contribution in [3.05, 3.63) is 133 Å². The van der Waals surface area contributed by atoms with Crippen LogP contribution in [0.1, 0.15) is 12.5 Å². The molecule has 0 atom stereocenters. The SMILES string of the molecule is C[CH]=[Zr+2].Cc1cc2c(-c3cccc4ccccc34)cccc2[cH-]1.c1ccc2c(c1)[cH-]c1ccccc12. The molecule has 0 bridgehead atoms. The summed E-state index contributed by atoms with van der Waals surface area (Å²) in [6.45, 7) is 4.20. The zero-order valence-electron chi connectivity index (χ0n) is 20.7. The summed E-state index contributed by atoms with van der Waals surface area (Å²) in [5, 5.41) is 10.7. The Labute approximate surface area is 227 Å². The third kappa shape index (κ3) is 4.95. The Kier molecular flexibility index (Phi) is 7.50. The smallest absolute Gasteiger partial charge is 0.0114 e. The molecule has 0 nitrogen and oxygen atoms in total. The van der Waals surface area contributed by atoms with Gasteiger partial charge >= 0.3 is 34.9 Å². The zero-order chi connectivity index (χ0) is 24.9. The van der Waals surface area contributed by atoms with Crippen LogP contribution in [-0.4, -0.2) is 3.71 Å². The van der Waals surface area contributed by atoms with Crippen LogP contribution in [0.3, 0.4) is 0 Å². The molecule has 0 spiro atoms. The molecule has 0 N–H and O–H groups in total. The minimum absolute atomic E-state index is 1.30. The quantitative estimate of drug-likeness (QED) is 0.182. The second-order valence-corrected chi connectivity index (χ2v) is 10.4. The molecular formula is C35H28Zr. The van der Waals surface area contributed by atoms with Crippen LogP contribution in [0.2, 0.25) is 0 Å². The summed E-state index contributed by atoms with van der Waals surface area (Å²) < 4.78 is 2.09. The minimum Gasteiger partial charge on any atom is -0.165 e. The van der Waals surface area contributed by atoms with E-state index in [4.69, 9.17) is 0 Å². The van der Waals surface area contributed by atoms with Gasteiger partial charge in [-0.25, -0.2) is 0 Å². The van der Waals surface area contributed by atoms with Gasteiger partial charge in [-0.3, -0.25) is 0 Å². The van der Waals surface area contributed by atoms with Gasteiger partial charge in [-0.1, -0.05) is 97.4 Å². The van der Waals surface area contributed by atoms with Crippen LogP contribution in [0.5, 0.6) is 0 Å². The van der Waals surface area contributed by atoms with Gasteiger partial charge < -0.3 is 0 Å². The average Bonchev–Trinajstić information content (AvgIpc) is 3.49. The fourth-order valence-electron chi connectivity index (χ4n) is 4.98. The number of hydrogen-bond acceptors (Lipinski definition) is 0. The van der Waals surface area contributed by atoms with Gasteiger partial charge in [0.15, 0.2) is 0 Å². The number of fused-ring (bicyclic) bond motifs is 5. The largest absolute Gasteiger partial charge is 0.165 e. The van der Waals surface area contributed by atoms with Crippen LogP contribution in [0.15, 0.2) is 127 Å². The van der Waals surface area contributed by atoms with Gasteiger partial charge in [0.2, 0.25) is 0 Å². The molecule has 0 unspecified atom stereocenters. The fraction of sp³-hybridized carbons (Fsp3) is 0.0571. The first-order valence-corrected chi connectivity index (χ1v) is 13.7. The van der Waals surface area contributed by atoms with E-state index < -0.39 is 0 Å². The van der Waals surface area contributed by atoms with Gasteiger partial charge in [-0.05, 0) is 16.3 Å². The first-order chi connectivity index (χ1) is 17.7. The zero-order valence-corrected chi connectivity index (χ0v) is 23.2. The Morgan fingerprint density at radius 3 is 1.64 bits per heavy atom. The van der Waals surface area contributed by atoms with Gasteiger partial charge in [0, 0.05) is 0 Å². The van der Waals surface area contributed by atoms with Crippen molar-refractivity contribution >= 4 is 46.8 Å². The topological polar surface area (TPSA) is 0 Å². The van der Waals surface area contributed by atoms with E-state index in [1.807, 2.05) is 6.92 Å². The second-order valence-electron chi connectivity index (χ2n) is 8.98. The molecule has 0 aromatic heterocycles.